The summed E-state index contributed by atoms with van der Waals surface area (Å²) in [7, 11) is -3.47. The lowest BCUT2D eigenvalue weighted by atomic mass is 9.78. The fraction of sp³-hybridized carbons (Fsp3) is 0.368. The van der Waals surface area contributed by atoms with Crippen LogP contribution < -0.4 is 0 Å². The van der Waals surface area contributed by atoms with Crippen molar-refractivity contribution in [2.24, 2.45) is 0 Å². The van der Waals surface area contributed by atoms with Gasteiger partial charge in [-0.3, -0.25) is 4.90 Å². The van der Waals surface area contributed by atoms with Gasteiger partial charge in [0.1, 0.15) is 6.23 Å². The number of nitrogens with zero attached hydrogens (tertiary/aromatic N) is 2. The molecule has 0 saturated carbocycles. The van der Waals surface area contributed by atoms with Crippen LogP contribution in [0.2, 0.25) is 0 Å². The SMILES string of the molecule is Cc1ccc(S(=O)(=O)N2CC3(CCN3C(O)c3ccc(Br)cc3)C2)cc1. The highest BCUT2D eigenvalue weighted by Crippen LogP contribution is 2.45. The second kappa shape index (κ2) is 6.42. The Hall–Kier alpha value is -1.25. The third-order valence-electron chi connectivity index (χ3n) is 5.49. The van der Waals surface area contributed by atoms with Gasteiger partial charge in [0, 0.05) is 24.1 Å². The summed E-state index contributed by atoms with van der Waals surface area (Å²) in [5.41, 5.74) is 1.61. The molecule has 2 aliphatic heterocycles. The molecule has 2 heterocycles. The molecule has 0 amide bonds. The van der Waals surface area contributed by atoms with Crippen LogP contribution in [-0.4, -0.2) is 47.9 Å². The second-order valence-corrected chi connectivity index (χ2v) is 10.0. The summed E-state index contributed by atoms with van der Waals surface area (Å²) in [6.07, 6.45) is 0.196. The number of likely N-dealkylation sites (tertiary alicyclic amines) is 1. The van der Waals surface area contributed by atoms with Crippen LogP contribution in [0.25, 0.3) is 0 Å². The Morgan fingerprint density at radius 2 is 1.69 bits per heavy atom. The minimum absolute atomic E-state index is 0.246. The molecule has 0 radical (unpaired) electrons. The molecule has 0 aliphatic carbocycles. The van der Waals surface area contributed by atoms with Crippen molar-refractivity contribution < 1.29 is 13.5 Å². The molecule has 1 atom stereocenters. The standard InChI is InChI=1S/C19H21BrN2O3S/c1-14-2-8-17(9-3-14)26(24,25)21-12-19(13-21)10-11-22(19)18(23)15-4-6-16(20)7-5-15/h2-9,18,23H,10-13H2,1H3. The van der Waals surface area contributed by atoms with Crippen molar-refractivity contribution in [3.8, 4) is 0 Å². The number of rotatable bonds is 4. The van der Waals surface area contributed by atoms with Crippen molar-refractivity contribution in [1.82, 2.24) is 9.21 Å². The Morgan fingerprint density at radius 3 is 2.23 bits per heavy atom. The molecule has 7 heteroatoms. The van der Waals surface area contributed by atoms with Crippen LogP contribution in [0.1, 0.15) is 23.8 Å². The van der Waals surface area contributed by atoms with E-state index in [2.05, 4.69) is 15.9 Å². The molecule has 138 valence electrons. The molecule has 0 aromatic heterocycles. The van der Waals surface area contributed by atoms with Crippen molar-refractivity contribution in [3.63, 3.8) is 0 Å². The first-order chi connectivity index (χ1) is 12.3. The largest absolute Gasteiger partial charge is 0.374 e. The number of sulfonamides is 1. The minimum Gasteiger partial charge on any atom is -0.374 e. The highest BCUT2D eigenvalue weighted by atomic mass is 79.9. The van der Waals surface area contributed by atoms with Crippen LogP contribution >= 0.6 is 15.9 Å². The zero-order valence-corrected chi connectivity index (χ0v) is 16.9. The van der Waals surface area contributed by atoms with E-state index in [1.807, 2.05) is 48.2 Å². The van der Waals surface area contributed by atoms with Crippen LogP contribution in [0.4, 0.5) is 0 Å². The Bertz CT molecular complexity index is 907. The van der Waals surface area contributed by atoms with Gasteiger partial charge in [-0.25, -0.2) is 8.42 Å². The molecule has 2 saturated heterocycles. The first-order valence-electron chi connectivity index (χ1n) is 8.59. The summed E-state index contributed by atoms with van der Waals surface area (Å²) in [4.78, 5) is 2.34. The quantitative estimate of drug-likeness (QED) is 0.799. The van der Waals surface area contributed by atoms with Crippen LogP contribution in [0, 0.1) is 6.92 Å². The van der Waals surface area contributed by atoms with E-state index >= 15 is 0 Å². The van der Waals surface area contributed by atoms with E-state index in [1.54, 1.807) is 12.1 Å². The number of aliphatic hydroxyl groups excluding tert-OH is 1. The fourth-order valence-electron chi connectivity index (χ4n) is 3.73. The van der Waals surface area contributed by atoms with Gasteiger partial charge in [0.2, 0.25) is 10.0 Å². The van der Waals surface area contributed by atoms with Crippen molar-refractivity contribution in [1.29, 1.82) is 0 Å². The van der Waals surface area contributed by atoms with E-state index in [1.165, 1.54) is 4.31 Å². The van der Waals surface area contributed by atoms with Crippen molar-refractivity contribution >= 4 is 26.0 Å². The maximum Gasteiger partial charge on any atom is 0.243 e. The number of aliphatic hydroxyl groups is 1. The minimum atomic E-state index is -3.47. The van der Waals surface area contributed by atoms with Crippen molar-refractivity contribution in [3.05, 3.63) is 64.1 Å². The highest BCUT2D eigenvalue weighted by molar-refractivity contribution is 9.10. The Morgan fingerprint density at radius 1 is 1.08 bits per heavy atom. The molecule has 1 N–H and O–H groups in total. The van der Waals surface area contributed by atoms with Gasteiger partial charge in [-0.1, -0.05) is 45.8 Å². The van der Waals surface area contributed by atoms with Gasteiger partial charge in [0.25, 0.3) is 0 Å². The van der Waals surface area contributed by atoms with Gasteiger partial charge < -0.3 is 5.11 Å². The van der Waals surface area contributed by atoms with E-state index in [0.29, 0.717) is 18.0 Å². The molecule has 4 rings (SSSR count). The summed E-state index contributed by atoms with van der Waals surface area (Å²) in [5.74, 6) is 0. The summed E-state index contributed by atoms with van der Waals surface area (Å²) in [6, 6.07) is 14.5. The molecule has 2 fully saturated rings. The molecular formula is C19H21BrN2O3S. The van der Waals surface area contributed by atoms with Crippen LogP contribution in [0.5, 0.6) is 0 Å². The summed E-state index contributed by atoms with van der Waals surface area (Å²) < 4.78 is 28.0. The lowest BCUT2D eigenvalue weighted by molar-refractivity contribution is -0.176. The first kappa shape index (κ1) is 18.1. The summed E-state index contributed by atoms with van der Waals surface area (Å²) >= 11 is 3.40. The lowest BCUT2D eigenvalue weighted by Gasteiger charge is -2.63. The monoisotopic (exact) mass is 436 g/mol. The van der Waals surface area contributed by atoms with E-state index in [-0.39, 0.29) is 5.54 Å². The zero-order valence-electron chi connectivity index (χ0n) is 14.5. The second-order valence-electron chi connectivity index (χ2n) is 7.18. The van der Waals surface area contributed by atoms with E-state index < -0.39 is 16.3 Å². The Balaban J connectivity index is 1.48. The van der Waals surface area contributed by atoms with Crippen LogP contribution in [0.3, 0.4) is 0 Å². The fourth-order valence-corrected chi connectivity index (χ4v) is 5.60. The maximum absolute atomic E-state index is 12.8. The molecule has 2 aliphatic rings. The maximum atomic E-state index is 12.8. The summed E-state index contributed by atoms with van der Waals surface area (Å²) in [5, 5.41) is 10.7. The molecule has 2 aromatic carbocycles. The number of aryl methyl sites for hydroxylation is 1. The molecular weight excluding hydrogens is 416 g/mol. The van der Waals surface area contributed by atoms with Gasteiger partial charge in [0.15, 0.2) is 0 Å². The third kappa shape index (κ3) is 2.92. The lowest BCUT2D eigenvalue weighted by Crippen LogP contribution is -2.77. The van der Waals surface area contributed by atoms with Gasteiger partial charge in [0.05, 0.1) is 10.4 Å². The Kier molecular flexibility index (Phi) is 4.48. The van der Waals surface area contributed by atoms with Crippen molar-refractivity contribution in [2.75, 3.05) is 19.6 Å². The van der Waals surface area contributed by atoms with Crippen LogP contribution in [-0.2, 0) is 10.0 Å². The van der Waals surface area contributed by atoms with E-state index in [0.717, 1.165) is 28.6 Å². The van der Waals surface area contributed by atoms with E-state index in [4.69, 9.17) is 0 Å². The van der Waals surface area contributed by atoms with Crippen LogP contribution in [0.15, 0.2) is 57.9 Å². The highest BCUT2D eigenvalue weighted by Gasteiger charge is 2.58. The molecule has 5 nitrogen and oxygen atoms in total. The molecule has 26 heavy (non-hydrogen) atoms. The smallest absolute Gasteiger partial charge is 0.243 e. The number of halogens is 1. The van der Waals surface area contributed by atoms with Gasteiger partial charge in [-0.05, 0) is 43.2 Å². The average Bonchev–Trinajstić information content (AvgIpc) is 2.53. The van der Waals surface area contributed by atoms with Gasteiger partial charge in [-0.15, -0.1) is 0 Å². The zero-order chi connectivity index (χ0) is 18.5. The topological polar surface area (TPSA) is 60.9 Å². The Labute approximate surface area is 162 Å². The van der Waals surface area contributed by atoms with E-state index in [9.17, 15) is 13.5 Å². The number of benzene rings is 2. The van der Waals surface area contributed by atoms with Gasteiger partial charge >= 0.3 is 0 Å². The third-order valence-corrected chi connectivity index (χ3v) is 7.83. The average molecular weight is 437 g/mol. The number of hydrogen-bond donors (Lipinski definition) is 1. The number of hydrogen-bond acceptors (Lipinski definition) is 4. The van der Waals surface area contributed by atoms with Crippen molar-refractivity contribution in [2.45, 2.75) is 30.0 Å². The van der Waals surface area contributed by atoms with Gasteiger partial charge in [-0.2, -0.15) is 4.31 Å². The predicted octanol–water partition coefficient (Wildman–Crippen LogP) is 2.90. The molecule has 1 spiro atoms. The molecule has 0 bridgehead atoms. The molecule has 1 unspecified atom stereocenters. The normalized spacial score (nSPS) is 21.2. The first-order valence-corrected chi connectivity index (χ1v) is 10.8. The predicted molar refractivity (Wildman–Crippen MR) is 103 cm³/mol. The molecule has 2 aromatic rings. The summed E-state index contributed by atoms with van der Waals surface area (Å²) in [6.45, 7) is 3.56.